The highest BCUT2D eigenvalue weighted by Gasteiger charge is 2.25. The Morgan fingerprint density at radius 2 is 2.00 bits per heavy atom. The third-order valence-corrected chi connectivity index (χ3v) is 4.81. The number of rotatable bonds is 6. The zero-order valence-corrected chi connectivity index (χ0v) is 15.5. The molecule has 0 bridgehead atoms. The molecule has 0 saturated carbocycles. The van der Waals surface area contributed by atoms with Crippen molar-refractivity contribution in [1.82, 2.24) is 5.32 Å². The van der Waals surface area contributed by atoms with Gasteiger partial charge >= 0.3 is 0 Å². The highest BCUT2D eigenvalue weighted by atomic mass is 16.5. The molecule has 1 aliphatic carbocycles. The van der Waals surface area contributed by atoms with E-state index in [0.29, 0.717) is 5.75 Å². The first-order valence-corrected chi connectivity index (χ1v) is 9.02. The minimum atomic E-state index is -0.788. The summed E-state index contributed by atoms with van der Waals surface area (Å²) in [6.07, 6.45) is 2.16. The third-order valence-electron chi connectivity index (χ3n) is 4.81. The molecule has 0 fully saturated rings. The molecule has 6 nitrogen and oxygen atoms in total. The average Bonchev–Trinajstić information content (AvgIpc) is 2.67. The summed E-state index contributed by atoms with van der Waals surface area (Å²) in [5.74, 6) is -0.117. The first kappa shape index (κ1) is 18.8. The zero-order chi connectivity index (χ0) is 19.4. The number of carbonyl (C=O) groups is 2. The molecule has 0 aliphatic heterocycles. The number of aryl methyl sites for hydroxylation is 1. The quantitative estimate of drug-likeness (QED) is 0.820. The summed E-state index contributed by atoms with van der Waals surface area (Å²) >= 11 is 0. The third kappa shape index (κ3) is 4.22. The first-order valence-electron chi connectivity index (χ1n) is 9.02. The van der Waals surface area contributed by atoms with Crippen LogP contribution in [0.15, 0.2) is 42.5 Å². The van der Waals surface area contributed by atoms with Crippen molar-refractivity contribution in [3.8, 4) is 11.5 Å². The summed E-state index contributed by atoms with van der Waals surface area (Å²) < 4.78 is 10.9. The number of nitrogens with two attached hydrogens (primary N) is 1. The van der Waals surface area contributed by atoms with Crippen molar-refractivity contribution in [2.75, 3.05) is 7.11 Å². The van der Waals surface area contributed by atoms with Gasteiger partial charge in [0.05, 0.1) is 18.7 Å². The molecule has 0 spiro atoms. The van der Waals surface area contributed by atoms with Crippen LogP contribution in [0.4, 0.5) is 0 Å². The fourth-order valence-corrected chi connectivity index (χ4v) is 3.37. The van der Waals surface area contributed by atoms with Gasteiger partial charge in [0, 0.05) is 6.07 Å². The molecule has 0 unspecified atom stereocenters. The topological polar surface area (TPSA) is 90.7 Å². The number of hydrogen-bond acceptors (Lipinski definition) is 4. The van der Waals surface area contributed by atoms with Gasteiger partial charge in [-0.1, -0.05) is 24.3 Å². The van der Waals surface area contributed by atoms with Crippen LogP contribution in [0.1, 0.15) is 47.3 Å². The summed E-state index contributed by atoms with van der Waals surface area (Å²) in [5.41, 5.74) is 8.03. The van der Waals surface area contributed by atoms with Crippen molar-refractivity contribution in [1.29, 1.82) is 0 Å². The Morgan fingerprint density at radius 1 is 1.22 bits per heavy atom. The van der Waals surface area contributed by atoms with Crippen LogP contribution in [0, 0.1) is 0 Å². The smallest absolute Gasteiger partial charge is 0.261 e. The number of benzene rings is 2. The number of amides is 2. The minimum absolute atomic E-state index is 0.0329. The van der Waals surface area contributed by atoms with Crippen molar-refractivity contribution in [3.05, 3.63) is 59.2 Å². The molecule has 2 amide bonds. The van der Waals surface area contributed by atoms with Crippen molar-refractivity contribution in [3.63, 3.8) is 0 Å². The van der Waals surface area contributed by atoms with Crippen LogP contribution in [0.25, 0.3) is 0 Å². The summed E-state index contributed by atoms with van der Waals surface area (Å²) in [4.78, 5) is 24.3. The number of ether oxygens (including phenoxy) is 2. The van der Waals surface area contributed by atoms with Gasteiger partial charge in [-0.25, -0.2) is 0 Å². The van der Waals surface area contributed by atoms with E-state index >= 15 is 0 Å². The van der Waals surface area contributed by atoms with E-state index in [0.717, 1.165) is 24.8 Å². The van der Waals surface area contributed by atoms with Gasteiger partial charge in [0.15, 0.2) is 6.10 Å². The fourth-order valence-electron chi connectivity index (χ4n) is 3.37. The van der Waals surface area contributed by atoms with Crippen LogP contribution < -0.4 is 20.5 Å². The van der Waals surface area contributed by atoms with Crippen LogP contribution in [0.3, 0.4) is 0 Å². The zero-order valence-electron chi connectivity index (χ0n) is 15.5. The van der Waals surface area contributed by atoms with E-state index in [1.54, 1.807) is 19.1 Å². The van der Waals surface area contributed by atoms with Gasteiger partial charge in [0.25, 0.3) is 11.8 Å². The van der Waals surface area contributed by atoms with E-state index in [1.165, 1.54) is 18.7 Å². The van der Waals surface area contributed by atoms with E-state index in [-0.39, 0.29) is 23.3 Å². The Hall–Kier alpha value is -3.02. The number of primary amides is 1. The molecule has 3 N–H and O–H groups in total. The minimum Gasteiger partial charge on any atom is -0.497 e. The van der Waals surface area contributed by atoms with Crippen molar-refractivity contribution >= 4 is 11.8 Å². The van der Waals surface area contributed by atoms with Gasteiger partial charge in [-0.3, -0.25) is 9.59 Å². The van der Waals surface area contributed by atoms with E-state index in [1.807, 2.05) is 12.1 Å². The van der Waals surface area contributed by atoms with Crippen LogP contribution in [0.5, 0.6) is 11.5 Å². The van der Waals surface area contributed by atoms with Gasteiger partial charge in [-0.15, -0.1) is 0 Å². The van der Waals surface area contributed by atoms with Gasteiger partial charge in [0.1, 0.15) is 11.5 Å². The van der Waals surface area contributed by atoms with E-state index < -0.39 is 12.0 Å². The molecule has 0 heterocycles. The molecule has 0 saturated heterocycles. The largest absolute Gasteiger partial charge is 0.497 e. The molecule has 142 valence electrons. The Balaban J connectivity index is 1.73. The molecule has 2 aromatic rings. The number of fused-ring (bicyclic) bond motifs is 1. The molecule has 0 radical (unpaired) electrons. The molecule has 6 heteroatoms. The summed E-state index contributed by atoms with van der Waals surface area (Å²) in [7, 11) is 1.51. The van der Waals surface area contributed by atoms with Crippen LogP contribution in [-0.4, -0.2) is 25.0 Å². The maximum Gasteiger partial charge on any atom is 0.261 e. The maximum absolute atomic E-state index is 12.7. The van der Waals surface area contributed by atoms with E-state index in [4.69, 9.17) is 15.2 Å². The second kappa shape index (κ2) is 8.12. The molecule has 1 aliphatic rings. The van der Waals surface area contributed by atoms with Crippen LogP contribution in [-0.2, 0) is 11.2 Å². The fraction of sp³-hybridized carbons (Fsp3) is 0.333. The van der Waals surface area contributed by atoms with Gasteiger partial charge in [0.2, 0.25) is 0 Å². The lowest BCUT2D eigenvalue weighted by Gasteiger charge is -2.27. The monoisotopic (exact) mass is 368 g/mol. The molecule has 0 aromatic heterocycles. The van der Waals surface area contributed by atoms with E-state index in [9.17, 15) is 9.59 Å². The van der Waals surface area contributed by atoms with Gasteiger partial charge in [-0.2, -0.15) is 0 Å². The van der Waals surface area contributed by atoms with Crippen molar-refractivity contribution in [2.45, 2.75) is 38.3 Å². The van der Waals surface area contributed by atoms with E-state index in [2.05, 4.69) is 17.4 Å². The molecule has 2 aromatic carbocycles. The average molecular weight is 368 g/mol. The lowest BCUT2D eigenvalue weighted by atomic mass is 9.87. The lowest BCUT2D eigenvalue weighted by molar-refractivity contribution is -0.128. The molecule has 27 heavy (non-hydrogen) atoms. The second-order valence-corrected chi connectivity index (χ2v) is 6.64. The van der Waals surface area contributed by atoms with Crippen molar-refractivity contribution < 1.29 is 19.1 Å². The maximum atomic E-state index is 12.7. The first-order chi connectivity index (χ1) is 13.0. The number of methoxy groups -OCH3 is 1. The Morgan fingerprint density at radius 3 is 2.74 bits per heavy atom. The standard InChI is InChI=1S/C21H24N2O4/c1-13(27-19-12-15(26-2)10-11-17(19)20(22)24)21(25)23-18-9-5-7-14-6-3-4-8-16(14)18/h3-4,6,8,10-13,18H,5,7,9H2,1-2H3,(H2,22,24)(H,23,25)/t13-,18+/m1/s1. The molecular weight excluding hydrogens is 344 g/mol. The Bertz CT molecular complexity index is 850. The van der Waals surface area contributed by atoms with Gasteiger partial charge in [-0.05, 0) is 49.4 Å². The number of carbonyl (C=O) groups excluding carboxylic acids is 2. The van der Waals surface area contributed by atoms with Crippen molar-refractivity contribution in [2.24, 2.45) is 5.73 Å². The molecule has 2 atom stereocenters. The SMILES string of the molecule is COc1ccc(C(N)=O)c(O[C@H](C)C(=O)N[C@H]2CCCc3ccccc32)c1. The van der Waals surface area contributed by atoms with Gasteiger partial charge < -0.3 is 20.5 Å². The molecular formula is C21H24N2O4. The predicted molar refractivity (Wildman–Crippen MR) is 102 cm³/mol. The highest BCUT2D eigenvalue weighted by molar-refractivity contribution is 5.96. The highest BCUT2D eigenvalue weighted by Crippen LogP contribution is 2.30. The summed E-state index contributed by atoms with van der Waals surface area (Å²) in [6.45, 7) is 1.65. The Labute approximate surface area is 158 Å². The van der Waals surface area contributed by atoms with Crippen LogP contribution in [0.2, 0.25) is 0 Å². The summed E-state index contributed by atoms with van der Waals surface area (Å²) in [6, 6.07) is 12.8. The number of hydrogen-bond donors (Lipinski definition) is 2. The second-order valence-electron chi connectivity index (χ2n) is 6.64. The predicted octanol–water partition coefficient (Wildman–Crippen LogP) is 2.76. The lowest BCUT2D eigenvalue weighted by Crippen LogP contribution is -2.39. The normalized spacial score (nSPS) is 16.7. The van der Waals surface area contributed by atoms with Crippen LogP contribution >= 0.6 is 0 Å². The summed E-state index contributed by atoms with van der Waals surface area (Å²) in [5, 5.41) is 3.06. The number of nitrogens with one attached hydrogen (secondary N) is 1. The molecule has 3 rings (SSSR count). The Kier molecular flexibility index (Phi) is 5.64.